The van der Waals surface area contributed by atoms with E-state index >= 15 is 0 Å². The number of hydrogen-bond acceptors (Lipinski definition) is 4. The first-order valence-electron chi connectivity index (χ1n) is 5.88. The van der Waals surface area contributed by atoms with Crippen molar-refractivity contribution in [2.75, 3.05) is 18.4 Å². The lowest BCUT2D eigenvalue weighted by Crippen LogP contribution is -2.35. The Morgan fingerprint density at radius 3 is 2.84 bits per heavy atom. The molecule has 0 spiro atoms. The molecule has 1 aliphatic heterocycles. The summed E-state index contributed by atoms with van der Waals surface area (Å²) in [7, 11) is 0. The SMILES string of the molecule is CC1(C(=O)Nc2ccc([N+](=O)[O-])c(Br)c2)CCNC1. The molecule has 19 heavy (non-hydrogen) atoms. The number of carbonyl (C=O) groups is 1. The fourth-order valence-corrected chi connectivity index (χ4v) is 2.55. The van der Waals surface area contributed by atoms with E-state index < -0.39 is 10.3 Å². The summed E-state index contributed by atoms with van der Waals surface area (Å²) in [5.74, 6) is -0.0711. The van der Waals surface area contributed by atoms with E-state index in [1.807, 2.05) is 6.92 Å². The molecule has 1 saturated heterocycles. The molecule has 7 heteroatoms. The lowest BCUT2D eigenvalue weighted by atomic mass is 9.89. The normalized spacial score (nSPS) is 22.2. The molecule has 1 aromatic rings. The fraction of sp³-hybridized carbons (Fsp3) is 0.417. The van der Waals surface area contributed by atoms with Gasteiger partial charge in [-0.1, -0.05) is 0 Å². The van der Waals surface area contributed by atoms with Gasteiger partial charge in [-0.3, -0.25) is 14.9 Å². The van der Waals surface area contributed by atoms with Crippen molar-refractivity contribution in [3.63, 3.8) is 0 Å². The number of carbonyl (C=O) groups excluding carboxylic acids is 1. The van der Waals surface area contributed by atoms with Crippen molar-refractivity contribution in [1.82, 2.24) is 5.32 Å². The molecule has 1 heterocycles. The molecule has 6 nitrogen and oxygen atoms in total. The fourth-order valence-electron chi connectivity index (χ4n) is 2.03. The Hall–Kier alpha value is -1.47. The number of nitrogens with one attached hydrogen (secondary N) is 2. The third-order valence-electron chi connectivity index (χ3n) is 3.32. The Morgan fingerprint density at radius 2 is 2.32 bits per heavy atom. The molecule has 1 aliphatic rings. The highest BCUT2D eigenvalue weighted by Gasteiger charge is 2.36. The van der Waals surface area contributed by atoms with E-state index in [1.54, 1.807) is 6.07 Å². The van der Waals surface area contributed by atoms with Crippen molar-refractivity contribution in [3.8, 4) is 0 Å². The average molecular weight is 328 g/mol. The van der Waals surface area contributed by atoms with Gasteiger partial charge in [0.15, 0.2) is 0 Å². The Morgan fingerprint density at radius 1 is 1.58 bits per heavy atom. The van der Waals surface area contributed by atoms with Crippen LogP contribution in [0.4, 0.5) is 11.4 Å². The predicted octanol–water partition coefficient (Wildman–Crippen LogP) is 2.30. The Kier molecular flexibility index (Phi) is 3.86. The molecule has 102 valence electrons. The monoisotopic (exact) mass is 327 g/mol. The van der Waals surface area contributed by atoms with Crippen LogP contribution in [0.3, 0.4) is 0 Å². The maximum absolute atomic E-state index is 12.2. The van der Waals surface area contributed by atoms with Crippen LogP contribution < -0.4 is 10.6 Å². The summed E-state index contributed by atoms with van der Waals surface area (Å²) in [6, 6.07) is 4.45. The number of amides is 1. The first-order chi connectivity index (χ1) is 8.92. The second-order valence-electron chi connectivity index (χ2n) is 4.86. The lowest BCUT2D eigenvalue weighted by Gasteiger charge is -2.21. The van der Waals surface area contributed by atoms with Gasteiger partial charge in [-0.15, -0.1) is 0 Å². The Bertz CT molecular complexity index is 527. The highest BCUT2D eigenvalue weighted by molar-refractivity contribution is 9.10. The summed E-state index contributed by atoms with van der Waals surface area (Å²) in [5.41, 5.74) is 0.108. The zero-order chi connectivity index (χ0) is 14.0. The molecule has 1 unspecified atom stereocenters. The topological polar surface area (TPSA) is 84.3 Å². The summed E-state index contributed by atoms with van der Waals surface area (Å²) in [5, 5.41) is 16.7. The predicted molar refractivity (Wildman–Crippen MR) is 75.0 cm³/mol. The van der Waals surface area contributed by atoms with Crippen LogP contribution in [0.1, 0.15) is 13.3 Å². The van der Waals surface area contributed by atoms with Gasteiger partial charge in [0.05, 0.1) is 14.8 Å². The van der Waals surface area contributed by atoms with Gasteiger partial charge in [0.2, 0.25) is 5.91 Å². The molecule has 2 rings (SSSR count). The molecule has 0 aromatic heterocycles. The third kappa shape index (κ3) is 2.93. The summed E-state index contributed by atoms with van der Waals surface area (Å²) < 4.78 is 0.352. The highest BCUT2D eigenvalue weighted by atomic mass is 79.9. The van der Waals surface area contributed by atoms with E-state index in [9.17, 15) is 14.9 Å². The number of rotatable bonds is 3. The number of hydrogen-bond donors (Lipinski definition) is 2. The van der Waals surface area contributed by atoms with Crippen LogP contribution in [0.15, 0.2) is 22.7 Å². The van der Waals surface area contributed by atoms with Gasteiger partial charge >= 0.3 is 0 Å². The van der Waals surface area contributed by atoms with Crippen molar-refractivity contribution in [3.05, 3.63) is 32.8 Å². The Balaban J connectivity index is 2.13. The largest absolute Gasteiger partial charge is 0.326 e. The molecule has 0 radical (unpaired) electrons. The quantitative estimate of drug-likeness (QED) is 0.659. The van der Waals surface area contributed by atoms with Crippen LogP contribution in [-0.4, -0.2) is 23.9 Å². The van der Waals surface area contributed by atoms with Crippen LogP contribution in [0, 0.1) is 15.5 Å². The summed E-state index contributed by atoms with van der Waals surface area (Å²) in [6.45, 7) is 3.38. The molecule has 1 fully saturated rings. The zero-order valence-corrected chi connectivity index (χ0v) is 12.0. The van der Waals surface area contributed by atoms with Crippen molar-refractivity contribution in [1.29, 1.82) is 0 Å². The minimum Gasteiger partial charge on any atom is -0.326 e. The molecule has 1 aromatic carbocycles. The Labute approximate surface area is 118 Å². The van der Waals surface area contributed by atoms with Gasteiger partial charge < -0.3 is 10.6 Å². The van der Waals surface area contributed by atoms with Gasteiger partial charge in [0.25, 0.3) is 5.69 Å². The molecule has 0 bridgehead atoms. The number of anilines is 1. The van der Waals surface area contributed by atoms with Crippen molar-refractivity contribution < 1.29 is 9.72 Å². The van der Waals surface area contributed by atoms with Gasteiger partial charge in [-0.25, -0.2) is 0 Å². The summed E-state index contributed by atoms with van der Waals surface area (Å²) in [4.78, 5) is 22.4. The molecule has 0 saturated carbocycles. The number of nitrogens with zero attached hydrogens (tertiary/aromatic N) is 1. The zero-order valence-electron chi connectivity index (χ0n) is 10.4. The summed E-state index contributed by atoms with van der Waals surface area (Å²) in [6.07, 6.45) is 0.785. The first kappa shape index (κ1) is 14.0. The standard InChI is InChI=1S/C12H14BrN3O3/c1-12(4-5-14-7-12)11(17)15-8-2-3-10(16(18)19)9(13)6-8/h2-3,6,14H,4-5,7H2,1H3,(H,15,17). The van der Waals surface area contributed by atoms with E-state index in [-0.39, 0.29) is 11.6 Å². The molecular formula is C12H14BrN3O3. The highest BCUT2D eigenvalue weighted by Crippen LogP contribution is 2.30. The maximum Gasteiger partial charge on any atom is 0.283 e. The number of nitro groups is 1. The van der Waals surface area contributed by atoms with Crippen LogP contribution in [0.5, 0.6) is 0 Å². The number of benzene rings is 1. The van der Waals surface area contributed by atoms with Crippen LogP contribution in [0.2, 0.25) is 0 Å². The lowest BCUT2D eigenvalue weighted by molar-refractivity contribution is -0.385. The van der Waals surface area contributed by atoms with Crippen LogP contribution in [0.25, 0.3) is 0 Å². The van der Waals surface area contributed by atoms with E-state index in [2.05, 4.69) is 26.6 Å². The van der Waals surface area contributed by atoms with Gasteiger partial charge in [0.1, 0.15) is 0 Å². The van der Waals surface area contributed by atoms with E-state index in [4.69, 9.17) is 0 Å². The third-order valence-corrected chi connectivity index (χ3v) is 3.95. The minimum atomic E-state index is -0.474. The van der Waals surface area contributed by atoms with Crippen molar-refractivity contribution in [2.24, 2.45) is 5.41 Å². The second-order valence-corrected chi connectivity index (χ2v) is 5.72. The van der Waals surface area contributed by atoms with Crippen molar-refractivity contribution >= 4 is 33.2 Å². The smallest absolute Gasteiger partial charge is 0.283 e. The number of nitro benzene ring substituents is 1. The molecule has 1 atom stereocenters. The van der Waals surface area contributed by atoms with E-state index in [1.165, 1.54) is 12.1 Å². The van der Waals surface area contributed by atoms with Gasteiger partial charge in [0, 0.05) is 18.3 Å². The van der Waals surface area contributed by atoms with Crippen LogP contribution in [-0.2, 0) is 4.79 Å². The second kappa shape index (κ2) is 5.26. The average Bonchev–Trinajstić information content (AvgIpc) is 2.77. The van der Waals surface area contributed by atoms with Crippen molar-refractivity contribution in [2.45, 2.75) is 13.3 Å². The van der Waals surface area contributed by atoms with Gasteiger partial charge in [-0.05, 0) is 48.0 Å². The van der Waals surface area contributed by atoms with E-state index in [0.29, 0.717) is 16.7 Å². The maximum atomic E-state index is 12.2. The molecule has 2 N–H and O–H groups in total. The van der Waals surface area contributed by atoms with Crippen LogP contribution >= 0.6 is 15.9 Å². The molecular weight excluding hydrogens is 314 g/mol. The molecule has 0 aliphatic carbocycles. The first-order valence-corrected chi connectivity index (χ1v) is 6.68. The van der Waals surface area contributed by atoms with E-state index in [0.717, 1.165) is 13.0 Å². The number of halogens is 1. The summed E-state index contributed by atoms with van der Waals surface area (Å²) >= 11 is 3.13. The molecule has 1 amide bonds. The van der Waals surface area contributed by atoms with Gasteiger partial charge in [-0.2, -0.15) is 0 Å². The minimum absolute atomic E-state index is 0.0215.